The molecule has 18 heavy (non-hydrogen) atoms. The molecule has 98 valence electrons. The Balaban J connectivity index is 1.88. The summed E-state index contributed by atoms with van der Waals surface area (Å²) in [7, 11) is 1.73. The molecule has 0 spiro atoms. The Kier molecular flexibility index (Phi) is 3.06. The van der Waals surface area contributed by atoms with Gasteiger partial charge in [0.2, 0.25) is 0 Å². The Bertz CT molecular complexity index is 433. The van der Waals surface area contributed by atoms with Gasteiger partial charge in [0.05, 0.1) is 18.5 Å². The van der Waals surface area contributed by atoms with Crippen LogP contribution in [0.3, 0.4) is 0 Å². The number of piperidine rings is 1. The highest BCUT2D eigenvalue weighted by Gasteiger charge is 2.32. The van der Waals surface area contributed by atoms with Gasteiger partial charge >= 0.3 is 0 Å². The van der Waals surface area contributed by atoms with Crippen molar-refractivity contribution < 1.29 is 4.74 Å². The van der Waals surface area contributed by atoms with Crippen molar-refractivity contribution in [3.8, 4) is 5.75 Å². The van der Waals surface area contributed by atoms with Gasteiger partial charge < -0.3 is 15.0 Å². The lowest BCUT2D eigenvalue weighted by molar-refractivity contribution is 0.335. The van der Waals surface area contributed by atoms with Gasteiger partial charge in [0.1, 0.15) is 5.75 Å². The molecule has 1 N–H and O–H groups in total. The minimum Gasteiger partial charge on any atom is -0.497 e. The topological polar surface area (TPSA) is 24.5 Å². The first-order valence-electron chi connectivity index (χ1n) is 7.00. The molecule has 2 unspecified atom stereocenters. The van der Waals surface area contributed by atoms with Crippen LogP contribution in [0.4, 0.5) is 11.4 Å². The second-order valence-corrected chi connectivity index (χ2v) is 5.41. The molecule has 3 heteroatoms. The lowest BCUT2D eigenvalue weighted by Gasteiger charge is -2.45. The zero-order chi connectivity index (χ0) is 12.5. The summed E-state index contributed by atoms with van der Waals surface area (Å²) in [5.41, 5.74) is 2.57. The van der Waals surface area contributed by atoms with E-state index in [4.69, 9.17) is 4.74 Å². The van der Waals surface area contributed by atoms with Crippen LogP contribution in [-0.4, -0.2) is 26.2 Å². The van der Waals surface area contributed by atoms with E-state index in [1.54, 1.807) is 7.11 Å². The number of ether oxygens (including phenoxy) is 1. The molecule has 0 radical (unpaired) electrons. The first kappa shape index (κ1) is 11.7. The van der Waals surface area contributed by atoms with Crippen LogP contribution in [0.25, 0.3) is 0 Å². The lowest BCUT2D eigenvalue weighted by atomic mass is 9.87. The van der Waals surface area contributed by atoms with Crippen LogP contribution in [0.1, 0.15) is 26.2 Å². The highest BCUT2D eigenvalue weighted by Crippen LogP contribution is 2.39. The zero-order valence-corrected chi connectivity index (χ0v) is 11.3. The molecule has 2 atom stereocenters. The first-order chi connectivity index (χ1) is 8.81. The van der Waals surface area contributed by atoms with E-state index >= 15 is 0 Å². The maximum Gasteiger partial charge on any atom is 0.121 e. The monoisotopic (exact) mass is 246 g/mol. The van der Waals surface area contributed by atoms with Crippen molar-refractivity contribution in [2.45, 2.75) is 32.2 Å². The maximum absolute atomic E-state index is 5.35. The van der Waals surface area contributed by atoms with E-state index < -0.39 is 0 Å². The second kappa shape index (κ2) is 4.71. The average molecular weight is 246 g/mol. The molecule has 0 aromatic heterocycles. The fourth-order valence-corrected chi connectivity index (χ4v) is 3.27. The molecule has 0 aliphatic carbocycles. The van der Waals surface area contributed by atoms with Crippen LogP contribution in [-0.2, 0) is 0 Å². The number of hydrogen-bond donors (Lipinski definition) is 1. The number of nitrogens with zero attached hydrogens (tertiary/aromatic N) is 1. The molecule has 0 saturated carbocycles. The third kappa shape index (κ3) is 1.92. The van der Waals surface area contributed by atoms with Crippen molar-refractivity contribution in [3.63, 3.8) is 0 Å². The molecule has 3 nitrogen and oxygen atoms in total. The molecular weight excluding hydrogens is 224 g/mol. The van der Waals surface area contributed by atoms with E-state index in [0.717, 1.165) is 18.2 Å². The Morgan fingerprint density at radius 1 is 1.44 bits per heavy atom. The molecule has 1 aromatic rings. The largest absolute Gasteiger partial charge is 0.497 e. The lowest BCUT2D eigenvalue weighted by Crippen LogP contribution is -2.49. The molecule has 1 fully saturated rings. The second-order valence-electron chi connectivity index (χ2n) is 5.41. The van der Waals surface area contributed by atoms with Crippen molar-refractivity contribution in [3.05, 3.63) is 18.2 Å². The van der Waals surface area contributed by atoms with Crippen molar-refractivity contribution in [1.82, 2.24) is 0 Å². The normalized spacial score (nSPS) is 26.0. The number of hydrogen-bond acceptors (Lipinski definition) is 3. The highest BCUT2D eigenvalue weighted by atomic mass is 16.5. The van der Waals surface area contributed by atoms with E-state index in [2.05, 4.69) is 29.3 Å². The van der Waals surface area contributed by atoms with Gasteiger partial charge in [0.15, 0.2) is 0 Å². The van der Waals surface area contributed by atoms with Crippen LogP contribution >= 0.6 is 0 Å². The third-order valence-corrected chi connectivity index (χ3v) is 4.44. The molecule has 1 aromatic carbocycles. The van der Waals surface area contributed by atoms with Gasteiger partial charge in [-0.05, 0) is 30.9 Å². The Hall–Kier alpha value is -1.38. The molecule has 3 rings (SSSR count). The summed E-state index contributed by atoms with van der Waals surface area (Å²) in [6, 6.07) is 6.99. The van der Waals surface area contributed by atoms with Crippen molar-refractivity contribution in [2.75, 3.05) is 30.4 Å². The van der Waals surface area contributed by atoms with Gasteiger partial charge in [-0.2, -0.15) is 0 Å². The van der Waals surface area contributed by atoms with Gasteiger partial charge in [-0.15, -0.1) is 0 Å². The highest BCUT2D eigenvalue weighted by molar-refractivity contribution is 5.74. The predicted molar refractivity (Wildman–Crippen MR) is 75.6 cm³/mol. The Labute approximate surface area is 109 Å². The van der Waals surface area contributed by atoms with Crippen LogP contribution in [0.5, 0.6) is 5.75 Å². The van der Waals surface area contributed by atoms with Gasteiger partial charge in [0, 0.05) is 25.2 Å². The summed E-state index contributed by atoms with van der Waals surface area (Å²) < 4.78 is 5.35. The molecule has 1 saturated heterocycles. The fourth-order valence-electron chi connectivity index (χ4n) is 3.27. The molecule has 0 bridgehead atoms. The molecule has 2 heterocycles. The SMILES string of the molecule is CCC1CCN2c3cc(OC)ccc3NCC2C1. The predicted octanol–water partition coefficient (Wildman–Crippen LogP) is 3.12. The standard InChI is InChI=1S/C15H22N2O/c1-3-11-6-7-17-12(8-11)10-16-14-5-4-13(18-2)9-15(14)17/h4-5,9,11-12,16H,3,6-8,10H2,1-2H3. The summed E-state index contributed by atoms with van der Waals surface area (Å²) in [4.78, 5) is 2.57. The smallest absolute Gasteiger partial charge is 0.121 e. The van der Waals surface area contributed by atoms with Crippen LogP contribution in [0.2, 0.25) is 0 Å². The first-order valence-corrected chi connectivity index (χ1v) is 7.00. The van der Waals surface area contributed by atoms with E-state index in [9.17, 15) is 0 Å². The summed E-state index contributed by atoms with van der Waals surface area (Å²) in [6.07, 6.45) is 3.96. The van der Waals surface area contributed by atoms with Crippen molar-refractivity contribution in [2.24, 2.45) is 5.92 Å². The maximum atomic E-state index is 5.35. The summed E-state index contributed by atoms with van der Waals surface area (Å²) in [5.74, 6) is 1.86. The number of benzene rings is 1. The number of rotatable bonds is 2. The van der Waals surface area contributed by atoms with Crippen LogP contribution in [0.15, 0.2) is 18.2 Å². The molecule has 0 amide bonds. The molecular formula is C15H22N2O. The zero-order valence-electron chi connectivity index (χ0n) is 11.3. The quantitative estimate of drug-likeness (QED) is 0.867. The van der Waals surface area contributed by atoms with E-state index in [1.165, 1.54) is 37.2 Å². The van der Waals surface area contributed by atoms with Crippen LogP contribution in [0, 0.1) is 5.92 Å². The average Bonchev–Trinajstić information content (AvgIpc) is 2.45. The molecule has 2 aliphatic heterocycles. The summed E-state index contributed by atoms with van der Waals surface area (Å²) in [6.45, 7) is 4.58. The van der Waals surface area contributed by atoms with E-state index in [0.29, 0.717) is 6.04 Å². The Morgan fingerprint density at radius 2 is 2.33 bits per heavy atom. The summed E-state index contributed by atoms with van der Waals surface area (Å²) in [5, 5.41) is 3.56. The minimum absolute atomic E-state index is 0.656. The minimum atomic E-state index is 0.656. The van der Waals surface area contributed by atoms with Crippen LogP contribution < -0.4 is 15.0 Å². The van der Waals surface area contributed by atoms with E-state index in [1.807, 2.05) is 6.07 Å². The van der Waals surface area contributed by atoms with Crippen molar-refractivity contribution in [1.29, 1.82) is 0 Å². The van der Waals surface area contributed by atoms with Gasteiger partial charge in [-0.1, -0.05) is 13.3 Å². The van der Waals surface area contributed by atoms with Gasteiger partial charge in [-0.3, -0.25) is 0 Å². The number of methoxy groups -OCH3 is 1. The summed E-state index contributed by atoms with van der Waals surface area (Å²) >= 11 is 0. The fraction of sp³-hybridized carbons (Fsp3) is 0.600. The number of nitrogens with one attached hydrogen (secondary N) is 1. The van der Waals surface area contributed by atoms with Crippen molar-refractivity contribution >= 4 is 11.4 Å². The van der Waals surface area contributed by atoms with Gasteiger partial charge in [0.25, 0.3) is 0 Å². The third-order valence-electron chi connectivity index (χ3n) is 4.44. The molecule has 2 aliphatic rings. The van der Waals surface area contributed by atoms with E-state index in [-0.39, 0.29) is 0 Å². The Morgan fingerprint density at radius 3 is 3.11 bits per heavy atom. The number of fused-ring (bicyclic) bond motifs is 3. The number of anilines is 2. The van der Waals surface area contributed by atoms with Gasteiger partial charge in [-0.25, -0.2) is 0 Å².